The van der Waals surface area contributed by atoms with Crippen molar-refractivity contribution in [3.05, 3.63) is 42.2 Å². The molecule has 1 atom stereocenters. The third-order valence-corrected chi connectivity index (χ3v) is 4.10. The molecule has 0 saturated carbocycles. The second-order valence-corrected chi connectivity index (χ2v) is 5.97. The molecule has 0 aliphatic carbocycles. The van der Waals surface area contributed by atoms with Crippen molar-refractivity contribution in [2.45, 2.75) is 19.8 Å². The molecule has 2 aromatic rings. The van der Waals surface area contributed by atoms with Crippen LogP contribution in [0.4, 0.5) is 11.4 Å². The summed E-state index contributed by atoms with van der Waals surface area (Å²) in [4.78, 5) is 26.2. The van der Waals surface area contributed by atoms with Crippen LogP contribution in [0.3, 0.4) is 0 Å². The zero-order chi connectivity index (χ0) is 16.4. The number of rotatable bonds is 3. The minimum atomic E-state index is -0.214. The number of anilines is 2. The van der Waals surface area contributed by atoms with E-state index in [1.54, 1.807) is 29.0 Å². The average Bonchev–Trinajstić information content (AvgIpc) is 2.96. The van der Waals surface area contributed by atoms with Gasteiger partial charge in [0.25, 0.3) is 0 Å². The number of nitrogens with one attached hydrogen (secondary N) is 1. The fourth-order valence-electron chi connectivity index (χ4n) is 2.74. The van der Waals surface area contributed by atoms with Gasteiger partial charge >= 0.3 is 0 Å². The van der Waals surface area contributed by atoms with Crippen LogP contribution in [-0.2, 0) is 16.6 Å². The number of amides is 2. The molecule has 1 saturated heterocycles. The molecule has 2 amide bonds. The molecule has 6 heteroatoms. The van der Waals surface area contributed by atoms with Crippen LogP contribution in [0, 0.1) is 12.8 Å². The van der Waals surface area contributed by atoms with Crippen LogP contribution in [0.2, 0.25) is 0 Å². The first kappa shape index (κ1) is 15.3. The van der Waals surface area contributed by atoms with Gasteiger partial charge in [-0.1, -0.05) is 17.7 Å². The van der Waals surface area contributed by atoms with Gasteiger partial charge in [0.1, 0.15) is 0 Å². The van der Waals surface area contributed by atoms with Gasteiger partial charge in [-0.15, -0.1) is 0 Å². The highest BCUT2D eigenvalue weighted by Gasteiger charge is 2.31. The summed E-state index contributed by atoms with van der Waals surface area (Å²) in [6, 6.07) is 7.70. The van der Waals surface area contributed by atoms with Crippen molar-refractivity contribution in [3.63, 3.8) is 0 Å². The molecule has 120 valence electrons. The van der Waals surface area contributed by atoms with Gasteiger partial charge in [0.05, 0.1) is 17.8 Å². The monoisotopic (exact) mass is 312 g/mol. The van der Waals surface area contributed by atoms with E-state index in [1.807, 2.05) is 31.2 Å². The SMILES string of the molecule is Cc1ccc(NC(=O)C2CCC(=O)N(c3cnn(C)c3)C2)cc1. The van der Waals surface area contributed by atoms with E-state index in [-0.39, 0.29) is 17.7 Å². The minimum Gasteiger partial charge on any atom is -0.326 e. The number of nitrogens with zero attached hydrogens (tertiary/aromatic N) is 3. The highest BCUT2D eigenvalue weighted by Crippen LogP contribution is 2.24. The smallest absolute Gasteiger partial charge is 0.229 e. The summed E-state index contributed by atoms with van der Waals surface area (Å²) >= 11 is 0. The quantitative estimate of drug-likeness (QED) is 0.944. The summed E-state index contributed by atoms with van der Waals surface area (Å²) in [5, 5.41) is 7.03. The molecular weight excluding hydrogens is 292 g/mol. The van der Waals surface area contributed by atoms with Crippen molar-refractivity contribution >= 4 is 23.2 Å². The van der Waals surface area contributed by atoms with E-state index in [0.717, 1.165) is 16.9 Å². The molecule has 1 aliphatic heterocycles. The Morgan fingerprint density at radius 2 is 2.04 bits per heavy atom. The molecule has 1 fully saturated rings. The van der Waals surface area contributed by atoms with Crippen molar-refractivity contribution in [1.29, 1.82) is 0 Å². The molecular formula is C17H20N4O2. The molecule has 1 N–H and O–H groups in total. The summed E-state index contributed by atoms with van der Waals surface area (Å²) in [6.45, 7) is 2.40. The van der Waals surface area contributed by atoms with Gasteiger partial charge in [0, 0.05) is 31.9 Å². The van der Waals surface area contributed by atoms with Crippen LogP contribution in [-0.4, -0.2) is 28.1 Å². The highest BCUT2D eigenvalue weighted by atomic mass is 16.2. The number of hydrogen-bond acceptors (Lipinski definition) is 3. The van der Waals surface area contributed by atoms with Crippen LogP contribution in [0.15, 0.2) is 36.7 Å². The predicted octanol–water partition coefficient (Wildman–Crippen LogP) is 2.11. The fraction of sp³-hybridized carbons (Fsp3) is 0.353. The Labute approximate surface area is 135 Å². The van der Waals surface area contributed by atoms with E-state index in [2.05, 4.69) is 10.4 Å². The first-order valence-electron chi connectivity index (χ1n) is 7.69. The molecule has 0 spiro atoms. The van der Waals surface area contributed by atoms with E-state index in [4.69, 9.17) is 0 Å². The maximum atomic E-state index is 12.5. The normalized spacial score (nSPS) is 18.1. The number of aromatic nitrogens is 2. The molecule has 1 unspecified atom stereocenters. The first-order valence-corrected chi connectivity index (χ1v) is 7.69. The Morgan fingerprint density at radius 1 is 1.30 bits per heavy atom. The number of carbonyl (C=O) groups is 2. The van der Waals surface area contributed by atoms with Gasteiger partial charge in [0.15, 0.2) is 0 Å². The predicted molar refractivity (Wildman–Crippen MR) is 88.1 cm³/mol. The van der Waals surface area contributed by atoms with E-state index in [0.29, 0.717) is 19.4 Å². The molecule has 0 bridgehead atoms. The van der Waals surface area contributed by atoms with Crippen molar-refractivity contribution in [1.82, 2.24) is 9.78 Å². The average molecular weight is 312 g/mol. The Kier molecular flexibility index (Phi) is 4.14. The van der Waals surface area contributed by atoms with Crippen LogP contribution in [0.25, 0.3) is 0 Å². The zero-order valence-electron chi connectivity index (χ0n) is 13.3. The van der Waals surface area contributed by atoms with Gasteiger partial charge in [-0.25, -0.2) is 0 Å². The summed E-state index contributed by atoms with van der Waals surface area (Å²) in [5.41, 5.74) is 2.67. The molecule has 2 heterocycles. The number of hydrogen-bond donors (Lipinski definition) is 1. The largest absolute Gasteiger partial charge is 0.326 e. The van der Waals surface area contributed by atoms with Crippen molar-refractivity contribution in [3.8, 4) is 0 Å². The maximum absolute atomic E-state index is 12.5. The standard InChI is InChI=1S/C17H20N4O2/c1-12-3-6-14(7-4-12)19-17(23)13-5-8-16(22)21(10-13)15-9-18-20(2)11-15/h3-4,6-7,9,11,13H,5,8,10H2,1-2H3,(H,19,23). The Hall–Kier alpha value is -2.63. The molecule has 6 nitrogen and oxygen atoms in total. The summed E-state index contributed by atoms with van der Waals surface area (Å²) in [7, 11) is 1.81. The zero-order valence-corrected chi connectivity index (χ0v) is 13.3. The molecule has 23 heavy (non-hydrogen) atoms. The highest BCUT2D eigenvalue weighted by molar-refractivity contribution is 5.98. The lowest BCUT2D eigenvalue weighted by Gasteiger charge is -2.30. The van der Waals surface area contributed by atoms with Crippen LogP contribution < -0.4 is 10.2 Å². The number of carbonyl (C=O) groups excluding carboxylic acids is 2. The third kappa shape index (κ3) is 3.41. The minimum absolute atomic E-state index is 0.0392. The lowest BCUT2D eigenvalue weighted by Crippen LogP contribution is -2.44. The van der Waals surface area contributed by atoms with Gasteiger partial charge < -0.3 is 10.2 Å². The molecule has 1 aromatic heterocycles. The van der Waals surface area contributed by atoms with Crippen molar-refractivity contribution in [2.24, 2.45) is 13.0 Å². The molecule has 0 radical (unpaired) electrons. The summed E-state index contributed by atoms with van der Waals surface area (Å²) in [5.74, 6) is -0.221. The Bertz CT molecular complexity index is 720. The van der Waals surface area contributed by atoms with E-state index >= 15 is 0 Å². The van der Waals surface area contributed by atoms with Crippen molar-refractivity contribution < 1.29 is 9.59 Å². The summed E-state index contributed by atoms with van der Waals surface area (Å²) < 4.78 is 1.65. The maximum Gasteiger partial charge on any atom is 0.229 e. The molecule has 1 aliphatic rings. The number of piperidine rings is 1. The Morgan fingerprint density at radius 3 is 2.70 bits per heavy atom. The van der Waals surface area contributed by atoms with E-state index in [9.17, 15) is 9.59 Å². The van der Waals surface area contributed by atoms with Crippen LogP contribution in [0.1, 0.15) is 18.4 Å². The Balaban J connectivity index is 1.69. The topological polar surface area (TPSA) is 67.2 Å². The van der Waals surface area contributed by atoms with E-state index < -0.39 is 0 Å². The third-order valence-electron chi connectivity index (χ3n) is 4.10. The summed E-state index contributed by atoms with van der Waals surface area (Å²) in [6.07, 6.45) is 4.39. The van der Waals surface area contributed by atoms with Crippen LogP contribution in [0.5, 0.6) is 0 Å². The lowest BCUT2D eigenvalue weighted by molar-refractivity contribution is -0.124. The fourth-order valence-corrected chi connectivity index (χ4v) is 2.74. The van der Waals surface area contributed by atoms with Gasteiger partial charge in [-0.2, -0.15) is 5.10 Å². The van der Waals surface area contributed by atoms with Gasteiger partial charge in [0.2, 0.25) is 11.8 Å². The van der Waals surface area contributed by atoms with E-state index in [1.165, 1.54) is 0 Å². The molecule has 1 aromatic carbocycles. The second-order valence-electron chi connectivity index (χ2n) is 5.97. The first-order chi connectivity index (χ1) is 11.0. The van der Waals surface area contributed by atoms with Gasteiger partial charge in [-0.3, -0.25) is 14.3 Å². The van der Waals surface area contributed by atoms with Crippen molar-refractivity contribution in [2.75, 3.05) is 16.8 Å². The number of benzene rings is 1. The van der Waals surface area contributed by atoms with Gasteiger partial charge in [-0.05, 0) is 25.5 Å². The molecule has 3 rings (SSSR count). The number of aryl methyl sites for hydroxylation is 2. The second kappa shape index (κ2) is 6.24. The lowest BCUT2D eigenvalue weighted by atomic mass is 9.96. The van der Waals surface area contributed by atoms with Crippen LogP contribution >= 0.6 is 0 Å².